The van der Waals surface area contributed by atoms with Crippen LogP contribution < -0.4 is 4.90 Å². The van der Waals surface area contributed by atoms with Crippen LogP contribution in [-0.2, 0) is 4.79 Å². The summed E-state index contributed by atoms with van der Waals surface area (Å²) in [6, 6.07) is 0.0873. The van der Waals surface area contributed by atoms with Gasteiger partial charge in [0, 0.05) is 17.8 Å². The number of halogens is 9. The molecule has 0 N–H and O–H groups in total. The smallest absolute Gasteiger partial charge is 0.305 e. The standard InChI is InChI=1S/C12H10BrF8NO2S/c1-2-22(11(24)12(14,15)16)8-3-7(10(23)6-13)4-9(5-8)25(17,18,19,20)21/h3-5H,2,6H2,1H3. The van der Waals surface area contributed by atoms with Crippen LogP contribution in [0.3, 0.4) is 0 Å². The lowest BCUT2D eigenvalue weighted by molar-refractivity contribution is -0.170. The summed E-state index contributed by atoms with van der Waals surface area (Å²) in [5.41, 5.74) is -2.02. The molecule has 0 saturated heterocycles. The maximum absolute atomic E-state index is 13.0. The molecule has 1 rings (SSSR count). The molecule has 0 aliphatic rings. The van der Waals surface area contributed by atoms with E-state index >= 15 is 0 Å². The molecule has 0 bridgehead atoms. The molecular weight excluding hydrogens is 454 g/mol. The molecule has 0 aromatic heterocycles. The van der Waals surface area contributed by atoms with E-state index in [1.165, 1.54) is 0 Å². The zero-order chi connectivity index (χ0) is 19.9. The number of carbonyl (C=O) groups is 2. The van der Waals surface area contributed by atoms with Crippen LogP contribution in [0.4, 0.5) is 38.3 Å². The Balaban J connectivity index is 3.72. The van der Waals surface area contributed by atoms with E-state index in [1.54, 1.807) is 0 Å². The van der Waals surface area contributed by atoms with Crippen molar-refractivity contribution in [1.82, 2.24) is 0 Å². The quantitative estimate of drug-likeness (QED) is 0.312. The minimum atomic E-state index is -10.3. The molecule has 0 atom stereocenters. The van der Waals surface area contributed by atoms with Crippen molar-refractivity contribution in [3.63, 3.8) is 0 Å². The maximum atomic E-state index is 13.0. The number of Topliss-reactive ketones (excluding diaryl/α,β-unsaturated/α-hetero) is 1. The molecule has 0 unspecified atom stereocenters. The minimum absolute atomic E-state index is 0.152. The van der Waals surface area contributed by atoms with Crippen LogP contribution in [0.1, 0.15) is 17.3 Å². The van der Waals surface area contributed by atoms with E-state index in [0.717, 1.165) is 6.92 Å². The number of rotatable bonds is 5. The van der Waals surface area contributed by atoms with E-state index < -0.39 is 56.1 Å². The van der Waals surface area contributed by atoms with Crippen LogP contribution in [-0.4, -0.2) is 29.7 Å². The first-order valence-corrected chi connectivity index (χ1v) is 9.35. The fraction of sp³-hybridized carbons (Fsp3) is 0.333. The Labute approximate surface area is 144 Å². The monoisotopic (exact) mass is 463 g/mol. The van der Waals surface area contributed by atoms with Gasteiger partial charge in [-0.05, 0) is 25.1 Å². The van der Waals surface area contributed by atoms with Gasteiger partial charge in [-0.3, -0.25) is 9.59 Å². The Kier molecular flexibility index (Phi) is 5.05. The molecule has 13 heteroatoms. The molecule has 0 aliphatic heterocycles. The SMILES string of the molecule is CCN(C(=O)C(F)(F)F)c1cc(C(=O)CBr)cc(S(F)(F)(F)(F)F)c1. The number of ketones is 1. The zero-order valence-electron chi connectivity index (χ0n) is 12.2. The lowest BCUT2D eigenvalue weighted by Gasteiger charge is -2.41. The van der Waals surface area contributed by atoms with E-state index in [4.69, 9.17) is 0 Å². The van der Waals surface area contributed by atoms with E-state index in [9.17, 15) is 42.2 Å². The second-order valence-electron chi connectivity index (χ2n) is 4.79. The average molecular weight is 464 g/mol. The Morgan fingerprint density at radius 3 is 1.96 bits per heavy atom. The average Bonchev–Trinajstić information content (AvgIpc) is 2.43. The first-order chi connectivity index (χ1) is 10.9. The van der Waals surface area contributed by atoms with Gasteiger partial charge >= 0.3 is 22.3 Å². The highest BCUT2D eigenvalue weighted by molar-refractivity contribution is 9.09. The van der Waals surface area contributed by atoms with Crippen LogP contribution in [0, 0.1) is 0 Å². The van der Waals surface area contributed by atoms with Gasteiger partial charge < -0.3 is 4.90 Å². The fourth-order valence-corrected chi connectivity index (χ4v) is 2.81. The molecule has 0 radical (unpaired) electrons. The highest BCUT2D eigenvalue weighted by Crippen LogP contribution is 3.02. The summed E-state index contributed by atoms with van der Waals surface area (Å²) in [6.45, 7) is 0.242. The van der Waals surface area contributed by atoms with Gasteiger partial charge in [-0.2, -0.15) is 13.2 Å². The summed E-state index contributed by atoms with van der Waals surface area (Å²) < 4.78 is 103. The highest BCUT2D eigenvalue weighted by atomic mass is 79.9. The summed E-state index contributed by atoms with van der Waals surface area (Å²) in [7, 11) is -10.3. The Morgan fingerprint density at radius 2 is 1.60 bits per heavy atom. The summed E-state index contributed by atoms with van der Waals surface area (Å²) in [5, 5.41) is -0.560. The van der Waals surface area contributed by atoms with Crippen molar-refractivity contribution in [2.24, 2.45) is 0 Å². The van der Waals surface area contributed by atoms with Crippen molar-refractivity contribution >= 4 is 43.5 Å². The number of nitrogens with zero attached hydrogens (tertiary/aromatic N) is 1. The topological polar surface area (TPSA) is 37.4 Å². The predicted octanol–water partition coefficient (Wildman–Crippen LogP) is 5.84. The largest absolute Gasteiger partial charge is 0.471 e. The molecule has 1 aromatic rings. The lowest BCUT2D eigenvalue weighted by Crippen LogP contribution is -2.41. The van der Waals surface area contributed by atoms with Crippen molar-refractivity contribution < 1.29 is 42.2 Å². The van der Waals surface area contributed by atoms with E-state index in [2.05, 4.69) is 15.9 Å². The van der Waals surface area contributed by atoms with Gasteiger partial charge in [0.2, 0.25) is 0 Å². The van der Waals surface area contributed by atoms with E-state index in [-0.39, 0.29) is 17.0 Å². The number of carbonyl (C=O) groups excluding carboxylic acids is 2. The van der Waals surface area contributed by atoms with Crippen LogP contribution in [0.5, 0.6) is 0 Å². The summed E-state index contributed by atoms with van der Waals surface area (Å²) >= 11 is 2.62. The number of hydrogen-bond donors (Lipinski definition) is 0. The molecular formula is C12H10BrF8NO2S. The van der Waals surface area contributed by atoms with Crippen LogP contribution in [0.15, 0.2) is 23.1 Å². The van der Waals surface area contributed by atoms with Crippen molar-refractivity contribution in [2.75, 3.05) is 16.8 Å². The molecule has 0 fully saturated rings. The first-order valence-electron chi connectivity index (χ1n) is 6.27. The number of benzene rings is 1. The molecule has 3 nitrogen and oxygen atoms in total. The molecule has 1 amide bonds. The number of anilines is 1. The second-order valence-corrected chi connectivity index (χ2v) is 7.76. The van der Waals surface area contributed by atoms with Crippen molar-refractivity contribution in [3.05, 3.63) is 23.8 Å². The fourth-order valence-electron chi connectivity index (χ4n) is 1.80. The van der Waals surface area contributed by atoms with Crippen LogP contribution in [0.2, 0.25) is 0 Å². The molecule has 0 aliphatic carbocycles. The van der Waals surface area contributed by atoms with Gasteiger partial charge in [-0.25, -0.2) is 0 Å². The number of alkyl halides is 4. The normalized spacial score (nSPS) is 15.3. The lowest BCUT2D eigenvalue weighted by atomic mass is 10.1. The molecule has 1 aromatic carbocycles. The third-order valence-corrected chi connectivity index (χ3v) is 4.53. The maximum Gasteiger partial charge on any atom is 0.471 e. The van der Waals surface area contributed by atoms with Crippen molar-refractivity contribution in [3.8, 4) is 0 Å². The van der Waals surface area contributed by atoms with Crippen molar-refractivity contribution in [2.45, 2.75) is 18.0 Å². The van der Waals surface area contributed by atoms with Crippen LogP contribution >= 0.6 is 26.2 Å². The van der Waals surface area contributed by atoms with E-state index in [1.807, 2.05) is 0 Å². The van der Waals surface area contributed by atoms with Crippen LogP contribution in [0.25, 0.3) is 0 Å². The van der Waals surface area contributed by atoms with E-state index in [0.29, 0.717) is 6.07 Å². The van der Waals surface area contributed by atoms with Crippen molar-refractivity contribution in [1.29, 1.82) is 0 Å². The number of hydrogen-bond acceptors (Lipinski definition) is 2. The summed E-state index contributed by atoms with van der Waals surface area (Å²) in [4.78, 5) is 20.1. The summed E-state index contributed by atoms with van der Waals surface area (Å²) in [5.74, 6) is -3.63. The highest BCUT2D eigenvalue weighted by Gasteiger charge is 2.65. The van der Waals surface area contributed by atoms with Gasteiger partial charge in [0.1, 0.15) is 4.90 Å². The molecule has 0 saturated carbocycles. The third-order valence-electron chi connectivity index (χ3n) is 2.90. The zero-order valence-corrected chi connectivity index (χ0v) is 14.6. The van der Waals surface area contributed by atoms with Gasteiger partial charge in [0.05, 0.1) is 5.33 Å². The molecule has 25 heavy (non-hydrogen) atoms. The Morgan fingerprint density at radius 1 is 1.08 bits per heavy atom. The Bertz CT molecular complexity index is 716. The molecule has 0 spiro atoms. The predicted molar refractivity (Wildman–Crippen MR) is 80.0 cm³/mol. The molecule has 144 valence electrons. The molecule has 0 heterocycles. The van der Waals surface area contributed by atoms with Gasteiger partial charge in [-0.1, -0.05) is 35.4 Å². The minimum Gasteiger partial charge on any atom is -0.305 e. The Hall–Kier alpha value is -1.37. The number of amides is 1. The first kappa shape index (κ1) is 21.7. The summed E-state index contributed by atoms with van der Waals surface area (Å²) in [6.07, 6.45) is -5.44. The third kappa shape index (κ3) is 5.30. The second kappa shape index (κ2) is 5.83. The van der Waals surface area contributed by atoms with Gasteiger partial charge in [0.15, 0.2) is 5.78 Å². The van der Waals surface area contributed by atoms with Gasteiger partial charge in [0.25, 0.3) is 0 Å². The van der Waals surface area contributed by atoms with Gasteiger partial charge in [-0.15, -0.1) is 0 Å².